The summed E-state index contributed by atoms with van der Waals surface area (Å²) in [6, 6.07) is 5.11. The minimum Gasteiger partial charge on any atom is -0.366 e. The molecule has 0 bridgehead atoms. The molecule has 0 spiro atoms. The zero-order valence-corrected chi connectivity index (χ0v) is 14.9. The first kappa shape index (κ1) is 16.8. The van der Waals surface area contributed by atoms with E-state index >= 15 is 0 Å². The van der Waals surface area contributed by atoms with Crippen LogP contribution in [0.15, 0.2) is 36.9 Å². The van der Waals surface area contributed by atoms with Crippen molar-refractivity contribution in [3.63, 3.8) is 0 Å². The van der Waals surface area contributed by atoms with Crippen LogP contribution in [-0.2, 0) is 0 Å². The Balaban J connectivity index is 1.60. The van der Waals surface area contributed by atoms with Gasteiger partial charge in [0.2, 0.25) is 0 Å². The molecule has 142 valence electrons. The van der Waals surface area contributed by atoms with Crippen LogP contribution >= 0.6 is 0 Å². The van der Waals surface area contributed by atoms with Crippen LogP contribution in [-0.4, -0.2) is 53.7 Å². The molecule has 5 heterocycles. The van der Waals surface area contributed by atoms with E-state index in [-0.39, 0.29) is 11.9 Å². The second-order valence-corrected chi connectivity index (χ2v) is 6.70. The molecule has 3 N–H and O–H groups in total. The fraction of sp³-hybridized carbons (Fsp3) is 0.278. The first-order chi connectivity index (χ1) is 13.8. The molecule has 0 unspecified atom stereocenters. The molecular formula is C18H18FN9. The number of pyridine rings is 1. The minimum absolute atomic E-state index is 0.277. The maximum absolute atomic E-state index is 13.8. The number of halogens is 1. The normalized spacial score (nSPS) is 17.1. The monoisotopic (exact) mass is 379 g/mol. The molecule has 0 amide bonds. The Bertz CT molecular complexity index is 1100. The van der Waals surface area contributed by atoms with Crippen LogP contribution < -0.4 is 10.6 Å². The predicted molar refractivity (Wildman–Crippen MR) is 101 cm³/mol. The Morgan fingerprint density at radius 3 is 3.00 bits per heavy atom. The number of piperidine rings is 1. The number of nitrogens with zero attached hydrogens (tertiary/aromatic N) is 6. The quantitative estimate of drug-likeness (QED) is 0.497. The van der Waals surface area contributed by atoms with Gasteiger partial charge >= 0.3 is 0 Å². The topological polar surface area (TPSA) is 109 Å². The molecule has 1 aliphatic heterocycles. The summed E-state index contributed by atoms with van der Waals surface area (Å²) in [5, 5.41) is 13.6. The van der Waals surface area contributed by atoms with Gasteiger partial charge in [0.25, 0.3) is 0 Å². The first-order valence-electron chi connectivity index (χ1n) is 9.11. The third-order valence-corrected chi connectivity index (χ3v) is 4.73. The summed E-state index contributed by atoms with van der Waals surface area (Å²) in [5.74, 6) is 1.29. The molecule has 5 rings (SSSR count). The number of hydrogen-bond donors (Lipinski definition) is 3. The Morgan fingerprint density at radius 1 is 1.21 bits per heavy atom. The maximum Gasteiger partial charge on any atom is 0.180 e. The lowest BCUT2D eigenvalue weighted by Gasteiger charge is -2.24. The van der Waals surface area contributed by atoms with Crippen molar-refractivity contribution in [2.45, 2.75) is 18.9 Å². The Hall–Kier alpha value is -3.40. The third-order valence-electron chi connectivity index (χ3n) is 4.73. The summed E-state index contributed by atoms with van der Waals surface area (Å²) in [7, 11) is 0. The van der Waals surface area contributed by atoms with Gasteiger partial charge in [-0.1, -0.05) is 0 Å². The lowest BCUT2D eigenvalue weighted by molar-refractivity contribution is 0.479. The average molecular weight is 379 g/mol. The van der Waals surface area contributed by atoms with Crippen molar-refractivity contribution in [2.24, 2.45) is 0 Å². The molecule has 0 aromatic carbocycles. The molecular weight excluding hydrogens is 361 g/mol. The number of aromatic amines is 1. The van der Waals surface area contributed by atoms with Crippen molar-refractivity contribution in [2.75, 3.05) is 18.4 Å². The molecule has 1 aliphatic rings. The number of H-pyrrole nitrogens is 1. The van der Waals surface area contributed by atoms with E-state index in [1.54, 1.807) is 16.7 Å². The second kappa shape index (κ2) is 6.97. The van der Waals surface area contributed by atoms with E-state index in [0.29, 0.717) is 34.5 Å². The molecule has 0 radical (unpaired) electrons. The summed E-state index contributed by atoms with van der Waals surface area (Å²) in [5.41, 5.74) is 1.82. The number of nitrogens with one attached hydrogen (secondary N) is 3. The van der Waals surface area contributed by atoms with E-state index in [2.05, 4.69) is 40.8 Å². The number of rotatable bonds is 4. The Kier molecular flexibility index (Phi) is 4.17. The highest BCUT2D eigenvalue weighted by molar-refractivity contribution is 5.64. The van der Waals surface area contributed by atoms with Crippen molar-refractivity contribution in [3.05, 3.63) is 42.7 Å². The van der Waals surface area contributed by atoms with Crippen LogP contribution in [0.5, 0.6) is 0 Å². The van der Waals surface area contributed by atoms with Gasteiger partial charge in [-0.15, -0.1) is 0 Å². The van der Waals surface area contributed by atoms with E-state index in [4.69, 9.17) is 0 Å². The second-order valence-electron chi connectivity index (χ2n) is 6.70. The average Bonchev–Trinajstić information content (AvgIpc) is 3.38. The van der Waals surface area contributed by atoms with Gasteiger partial charge in [-0.05, 0) is 31.5 Å². The van der Waals surface area contributed by atoms with Crippen molar-refractivity contribution < 1.29 is 4.39 Å². The lowest BCUT2D eigenvalue weighted by atomic mass is 10.1. The van der Waals surface area contributed by atoms with E-state index in [1.165, 1.54) is 18.6 Å². The molecule has 1 fully saturated rings. The van der Waals surface area contributed by atoms with Crippen LogP contribution in [0.4, 0.5) is 10.2 Å². The van der Waals surface area contributed by atoms with Crippen molar-refractivity contribution in [1.29, 1.82) is 0 Å². The summed E-state index contributed by atoms with van der Waals surface area (Å²) >= 11 is 0. The number of fused-ring (bicyclic) bond motifs is 1. The van der Waals surface area contributed by atoms with Crippen molar-refractivity contribution in [3.8, 4) is 23.0 Å². The molecule has 1 atom stereocenters. The van der Waals surface area contributed by atoms with E-state index in [0.717, 1.165) is 25.9 Å². The summed E-state index contributed by atoms with van der Waals surface area (Å²) in [6.07, 6.45) is 6.61. The lowest BCUT2D eigenvalue weighted by Crippen LogP contribution is -2.38. The molecule has 4 aromatic heterocycles. The highest BCUT2D eigenvalue weighted by atomic mass is 19.1. The van der Waals surface area contributed by atoms with Gasteiger partial charge in [0.1, 0.15) is 35.0 Å². The highest BCUT2D eigenvalue weighted by Crippen LogP contribution is 2.24. The zero-order chi connectivity index (χ0) is 18.9. The fourth-order valence-corrected chi connectivity index (χ4v) is 3.39. The van der Waals surface area contributed by atoms with E-state index < -0.39 is 0 Å². The van der Waals surface area contributed by atoms with Crippen LogP contribution in [0.2, 0.25) is 0 Å². The summed E-state index contributed by atoms with van der Waals surface area (Å²) in [4.78, 5) is 17.8. The number of hydrogen-bond acceptors (Lipinski definition) is 7. The SMILES string of the molecule is Fc1ccc2ncc(-c3nc(N[C@@H]4CCCNC4)cc(-c4ncn[nH]4)n3)n2c1. The van der Waals surface area contributed by atoms with Crippen molar-refractivity contribution in [1.82, 2.24) is 39.9 Å². The van der Waals surface area contributed by atoms with Gasteiger partial charge in [-0.2, -0.15) is 5.10 Å². The van der Waals surface area contributed by atoms with Crippen LogP contribution in [0.3, 0.4) is 0 Å². The summed E-state index contributed by atoms with van der Waals surface area (Å²) < 4.78 is 15.4. The van der Waals surface area contributed by atoms with E-state index in [9.17, 15) is 4.39 Å². The Labute approximate surface area is 159 Å². The van der Waals surface area contributed by atoms with Gasteiger partial charge < -0.3 is 10.6 Å². The number of imidazole rings is 1. The van der Waals surface area contributed by atoms with E-state index in [1.807, 2.05) is 6.07 Å². The molecule has 28 heavy (non-hydrogen) atoms. The number of aromatic nitrogens is 7. The van der Waals surface area contributed by atoms with Gasteiger partial charge in [-0.3, -0.25) is 9.50 Å². The molecule has 0 saturated carbocycles. The molecule has 4 aromatic rings. The van der Waals surface area contributed by atoms with Gasteiger partial charge in [0.05, 0.1) is 6.20 Å². The molecule has 10 heteroatoms. The summed E-state index contributed by atoms with van der Waals surface area (Å²) in [6.45, 7) is 1.90. The largest absolute Gasteiger partial charge is 0.366 e. The maximum atomic E-state index is 13.8. The smallest absolute Gasteiger partial charge is 0.180 e. The molecule has 9 nitrogen and oxygen atoms in total. The minimum atomic E-state index is -0.357. The zero-order valence-electron chi connectivity index (χ0n) is 14.9. The van der Waals surface area contributed by atoms with Crippen molar-refractivity contribution >= 4 is 11.5 Å². The van der Waals surface area contributed by atoms with Crippen LogP contribution in [0.25, 0.3) is 28.7 Å². The third kappa shape index (κ3) is 3.18. The first-order valence-corrected chi connectivity index (χ1v) is 9.11. The van der Waals surface area contributed by atoms with Crippen LogP contribution in [0.1, 0.15) is 12.8 Å². The van der Waals surface area contributed by atoms with Gasteiger partial charge in [0, 0.05) is 24.8 Å². The highest BCUT2D eigenvalue weighted by Gasteiger charge is 2.17. The van der Waals surface area contributed by atoms with Gasteiger partial charge in [0.15, 0.2) is 11.6 Å². The molecule has 0 aliphatic carbocycles. The standard InChI is InChI=1S/C18H18FN9/c19-11-3-4-16-21-8-14(28(16)9-11)18-25-13(17-22-10-23-27-17)6-15(26-18)24-12-2-1-5-20-7-12/h3-4,6,8-10,12,20H,1-2,5,7H2,(H,22,23,27)(H,24,25,26)/t12-/m1/s1. The Morgan fingerprint density at radius 2 is 2.18 bits per heavy atom. The molecule has 1 saturated heterocycles. The fourth-order valence-electron chi connectivity index (χ4n) is 3.39. The predicted octanol–water partition coefficient (Wildman–Crippen LogP) is 1.88. The number of anilines is 1. The van der Waals surface area contributed by atoms with Gasteiger partial charge in [-0.25, -0.2) is 24.3 Å². The van der Waals surface area contributed by atoms with Crippen LogP contribution in [0, 0.1) is 5.82 Å².